The summed E-state index contributed by atoms with van der Waals surface area (Å²) in [6.45, 7) is 5.24. The number of halogens is 2. The second-order valence-electron chi connectivity index (χ2n) is 4.44. The van der Waals surface area contributed by atoms with E-state index in [1.807, 2.05) is 13.8 Å². The molecule has 7 heteroatoms. The molecule has 0 bridgehead atoms. The molecule has 0 amide bonds. The normalized spacial score (nSPS) is 12.1. The summed E-state index contributed by atoms with van der Waals surface area (Å²) in [7, 11) is -3.59. The molecule has 1 rings (SSSR count). The lowest BCUT2D eigenvalue weighted by Gasteiger charge is -2.10. The van der Waals surface area contributed by atoms with Crippen molar-refractivity contribution in [2.75, 3.05) is 19.8 Å². The van der Waals surface area contributed by atoms with Gasteiger partial charge in [-0.1, -0.05) is 41.4 Å². The predicted octanol–water partition coefficient (Wildman–Crippen LogP) is 3.05. The van der Waals surface area contributed by atoms with Gasteiger partial charge in [0.1, 0.15) is 4.90 Å². The van der Waals surface area contributed by atoms with Crippen LogP contribution in [0.2, 0.25) is 5.02 Å². The van der Waals surface area contributed by atoms with E-state index in [4.69, 9.17) is 16.3 Å². The summed E-state index contributed by atoms with van der Waals surface area (Å²) in [6, 6.07) is 4.64. The molecule has 0 spiro atoms. The van der Waals surface area contributed by atoms with Gasteiger partial charge in [0.25, 0.3) is 0 Å². The van der Waals surface area contributed by atoms with Crippen molar-refractivity contribution in [3.63, 3.8) is 0 Å². The Labute approximate surface area is 127 Å². The Morgan fingerprint density at radius 2 is 2.11 bits per heavy atom. The van der Waals surface area contributed by atoms with Crippen LogP contribution in [0.1, 0.15) is 13.8 Å². The monoisotopic (exact) mass is 369 g/mol. The molecule has 0 saturated heterocycles. The first-order valence-electron chi connectivity index (χ1n) is 5.85. The third-order valence-electron chi connectivity index (χ3n) is 2.17. The summed E-state index contributed by atoms with van der Waals surface area (Å²) >= 11 is 9.15. The summed E-state index contributed by atoms with van der Waals surface area (Å²) in [5.41, 5.74) is 0. The van der Waals surface area contributed by atoms with Crippen LogP contribution in [0, 0.1) is 5.92 Å². The van der Waals surface area contributed by atoms with Crippen LogP contribution in [0.25, 0.3) is 0 Å². The van der Waals surface area contributed by atoms with Crippen molar-refractivity contribution in [3.05, 3.63) is 27.7 Å². The number of rotatable bonds is 7. The van der Waals surface area contributed by atoms with Crippen LogP contribution in [0.4, 0.5) is 0 Å². The van der Waals surface area contributed by atoms with Crippen LogP contribution >= 0.6 is 27.5 Å². The number of ether oxygens (including phenoxy) is 1. The van der Waals surface area contributed by atoms with E-state index in [0.29, 0.717) is 19.1 Å². The zero-order valence-electron chi connectivity index (χ0n) is 10.8. The van der Waals surface area contributed by atoms with Gasteiger partial charge >= 0.3 is 0 Å². The minimum absolute atomic E-state index is 0.0706. The molecule has 1 aromatic rings. The van der Waals surface area contributed by atoms with E-state index in [2.05, 4.69) is 20.7 Å². The first-order chi connectivity index (χ1) is 8.83. The maximum Gasteiger partial charge on any atom is 0.242 e. The molecule has 0 aromatic heterocycles. The van der Waals surface area contributed by atoms with Gasteiger partial charge < -0.3 is 4.74 Å². The Balaban J connectivity index is 2.56. The SMILES string of the molecule is CC(C)COCCNS(=O)(=O)c1ccc(Br)cc1Cl. The van der Waals surface area contributed by atoms with Gasteiger partial charge in [-0.3, -0.25) is 0 Å². The number of hydrogen-bond acceptors (Lipinski definition) is 3. The van der Waals surface area contributed by atoms with Crippen LogP contribution in [0.15, 0.2) is 27.6 Å². The second kappa shape index (κ2) is 7.59. The lowest BCUT2D eigenvalue weighted by atomic mass is 10.2. The van der Waals surface area contributed by atoms with E-state index in [0.717, 1.165) is 4.47 Å². The van der Waals surface area contributed by atoms with E-state index in [1.165, 1.54) is 6.07 Å². The molecule has 0 saturated carbocycles. The van der Waals surface area contributed by atoms with Crippen molar-refractivity contribution in [2.24, 2.45) is 5.92 Å². The van der Waals surface area contributed by atoms with Gasteiger partial charge in [0.05, 0.1) is 11.6 Å². The van der Waals surface area contributed by atoms with Crippen LogP contribution in [0.3, 0.4) is 0 Å². The lowest BCUT2D eigenvalue weighted by molar-refractivity contribution is 0.114. The van der Waals surface area contributed by atoms with E-state index < -0.39 is 10.0 Å². The van der Waals surface area contributed by atoms with E-state index >= 15 is 0 Å². The first kappa shape index (κ1) is 16.9. The molecule has 0 heterocycles. The van der Waals surface area contributed by atoms with Gasteiger partial charge in [0.2, 0.25) is 10.0 Å². The molecule has 108 valence electrons. The molecule has 0 radical (unpaired) electrons. The number of hydrogen-bond donors (Lipinski definition) is 1. The highest BCUT2D eigenvalue weighted by Gasteiger charge is 2.17. The highest BCUT2D eigenvalue weighted by Crippen LogP contribution is 2.24. The largest absolute Gasteiger partial charge is 0.380 e. The molecule has 1 N–H and O–H groups in total. The fourth-order valence-corrected chi connectivity index (χ4v) is 3.39. The second-order valence-corrected chi connectivity index (χ2v) is 7.50. The first-order valence-corrected chi connectivity index (χ1v) is 8.51. The average Bonchev–Trinajstić information content (AvgIpc) is 2.27. The lowest BCUT2D eigenvalue weighted by Crippen LogP contribution is -2.28. The molecule has 0 fully saturated rings. The highest BCUT2D eigenvalue weighted by atomic mass is 79.9. The molecule has 0 unspecified atom stereocenters. The van der Waals surface area contributed by atoms with E-state index in [9.17, 15) is 8.42 Å². The van der Waals surface area contributed by atoms with Gasteiger partial charge in [0.15, 0.2) is 0 Å². The molecular weight excluding hydrogens is 354 g/mol. The standard InChI is InChI=1S/C12H17BrClNO3S/c1-9(2)8-18-6-5-15-19(16,17)12-4-3-10(13)7-11(12)14/h3-4,7,9,15H,5-6,8H2,1-2H3. The Kier molecular flexibility index (Phi) is 6.76. The fraction of sp³-hybridized carbons (Fsp3) is 0.500. The molecule has 0 aliphatic heterocycles. The fourth-order valence-electron chi connectivity index (χ4n) is 1.34. The van der Waals surface area contributed by atoms with Crippen molar-refractivity contribution < 1.29 is 13.2 Å². The van der Waals surface area contributed by atoms with Gasteiger partial charge in [-0.2, -0.15) is 0 Å². The molecule has 0 atom stereocenters. The van der Waals surface area contributed by atoms with E-state index in [1.54, 1.807) is 12.1 Å². The van der Waals surface area contributed by atoms with Crippen LogP contribution in [-0.2, 0) is 14.8 Å². The summed E-state index contributed by atoms with van der Waals surface area (Å²) in [6.07, 6.45) is 0. The Morgan fingerprint density at radius 3 is 2.68 bits per heavy atom. The minimum atomic E-state index is -3.59. The van der Waals surface area contributed by atoms with Crippen molar-refractivity contribution in [3.8, 4) is 0 Å². The number of sulfonamides is 1. The van der Waals surface area contributed by atoms with Crippen LogP contribution in [0.5, 0.6) is 0 Å². The quantitative estimate of drug-likeness (QED) is 0.751. The summed E-state index contributed by atoms with van der Waals surface area (Å²) < 4.78 is 32.5. The molecule has 1 aromatic carbocycles. The molecular formula is C12H17BrClNO3S. The van der Waals surface area contributed by atoms with Crippen LogP contribution in [-0.4, -0.2) is 28.2 Å². The summed E-state index contributed by atoms with van der Waals surface area (Å²) in [4.78, 5) is 0.0706. The van der Waals surface area contributed by atoms with Crippen molar-refractivity contribution >= 4 is 37.6 Å². The number of nitrogens with one attached hydrogen (secondary N) is 1. The number of benzene rings is 1. The molecule has 0 aliphatic rings. The van der Waals surface area contributed by atoms with Crippen molar-refractivity contribution in [1.29, 1.82) is 0 Å². The average molecular weight is 371 g/mol. The van der Waals surface area contributed by atoms with E-state index in [-0.39, 0.29) is 16.5 Å². The van der Waals surface area contributed by atoms with Crippen molar-refractivity contribution in [2.45, 2.75) is 18.7 Å². The van der Waals surface area contributed by atoms with Gasteiger partial charge in [0, 0.05) is 17.6 Å². The third-order valence-corrected chi connectivity index (χ3v) is 4.61. The Hall–Kier alpha value is -0.140. The summed E-state index contributed by atoms with van der Waals surface area (Å²) in [5.74, 6) is 0.428. The van der Waals surface area contributed by atoms with Crippen LogP contribution < -0.4 is 4.72 Å². The van der Waals surface area contributed by atoms with Gasteiger partial charge in [-0.15, -0.1) is 0 Å². The van der Waals surface area contributed by atoms with Crippen molar-refractivity contribution in [1.82, 2.24) is 4.72 Å². The summed E-state index contributed by atoms with van der Waals surface area (Å²) in [5, 5.41) is 0.185. The minimum Gasteiger partial charge on any atom is -0.380 e. The Morgan fingerprint density at radius 1 is 1.42 bits per heavy atom. The maximum atomic E-state index is 12.0. The molecule has 0 aliphatic carbocycles. The molecule has 19 heavy (non-hydrogen) atoms. The zero-order chi connectivity index (χ0) is 14.5. The molecule has 4 nitrogen and oxygen atoms in total. The maximum absolute atomic E-state index is 12.0. The smallest absolute Gasteiger partial charge is 0.242 e. The topological polar surface area (TPSA) is 55.4 Å². The Bertz CT molecular complexity index is 520. The predicted molar refractivity (Wildman–Crippen MR) is 80.0 cm³/mol. The highest BCUT2D eigenvalue weighted by molar-refractivity contribution is 9.10. The zero-order valence-corrected chi connectivity index (χ0v) is 14.0. The van der Waals surface area contributed by atoms with Gasteiger partial charge in [-0.25, -0.2) is 13.1 Å². The van der Waals surface area contributed by atoms with Gasteiger partial charge in [-0.05, 0) is 24.1 Å². The third kappa shape index (κ3) is 5.79.